The van der Waals surface area contributed by atoms with Crippen LogP contribution in [-0.4, -0.2) is 24.6 Å². The van der Waals surface area contributed by atoms with Crippen molar-refractivity contribution in [3.8, 4) is 0 Å². The van der Waals surface area contributed by atoms with E-state index >= 15 is 0 Å². The first kappa shape index (κ1) is 18.2. The summed E-state index contributed by atoms with van der Waals surface area (Å²) < 4.78 is 25.5. The number of rotatable bonds is 6. The third-order valence-corrected chi connectivity index (χ3v) is 5.19. The van der Waals surface area contributed by atoms with E-state index in [1.807, 2.05) is 24.4 Å². The zero-order valence-electron chi connectivity index (χ0n) is 15.2. The number of nitrogens with one attached hydrogen (secondary N) is 2. The van der Waals surface area contributed by atoms with Gasteiger partial charge in [-0.3, -0.25) is 4.72 Å². The van der Waals surface area contributed by atoms with Gasteiger partial charge in [-0.2, -0.15) is 0 Å². The van der Waals surface area contributed by atoms with E-state index in [9.17, 15) is 8.42 Å². The second kappa shape index (κ2) is 7.33. The summed E-state index contributed by atoms with van der Waals surface area (Å²) in [5.41, 5.74) is 6.43. The molecule has 0 aliphatic carbocycles. The first-order chi connectivity index (χ1) is 12.3. The van der Waals surface area contributed by atoms with E-state index in [4.69, 9.17) is 0 Å². The topological polar surface area (TPSA) is 74.8 Å². The van der Waals surface area contributed by atoms with E-state index < -0.39 is 10.0 Å². The highest BCUT2D eigenvalue weighted by Crippen LogP contribution is 2.31. The summed E-state index contributed by atoms with van der Waals surface area (Å²) in [7, 11) is -3.30. The third kappa shape index (κ3) is 4.32. The van der Waals surface area contributed by atoms with Crippen molar-refractivity contribution in [2.24, 2.45) is 0 Å². The summed E-state index contributed by atoms with van der Waals surface area (Å²) in [4.78, 5) is 7.41. The molecule has 3 rings (SSSR count). The number of H-pyrrole nitrogens is 1. The summed E-state index contributed by atoms with van der Waals surface area (Å²) in [5.74, 6) is 0.117. The molecule has 136 valence electrons. The van der Waals surface area contributed by atoms with Gasteiger partial charge in [0.25, 0.3) is 0 Å². The Morgan fingerprint density at radius 3 is 2.62 bits per heavy atom. The Kier molecular flexibility index (Phi) is 5.13. The number of benzene rings is 2. The second-order valence-electron chi connectivity index (χ2n) is 6.63. The Balaban J connectivity index is 1.97. The van der Waals surface area contributed by atoms with Gasteiger partial charge in [0.15, 0.2) is 0 Å². The number of anilines is 1. The Morgan fingerprint density at radius 2 is 1.92 bits per heavy atom. The fourth-order valence-corrected chi connectivity index (χ4v) is 3.76. The highest BCUT2D eigenvalue weighted by molar-refractivity contribution is 7.92. The highest BCUT2D eigenvalue weighted by atomic mass is 32.2. The molecule has 0 aliphatic rings. The van der Waals surface area contributed by atoms with Gasteiger partial charge in [-0.25, -0.2) is 13.4 Å². The molecule has 0 saturated heterocycles. The van der Waals surface area contributed by atoms with Crippen molar-refractivity contribution in [2.45, 2.75) is 26.2 Å². The van der Waals surface area contributed by atoms with Crippen molar-refractivity contribution >= 4 is 15.7 Å². The maximum absolute atomic E-state index is 11.5. The molecule has 0 fully saturated rings. The van der Waals surface area contributed by atoms with Gasteiger partial charge in [0.05, 0.1) is 12.6 Å². The smallest absolute Gasteiger partial charge is 0.229 e. The molecule has 0 saturated carbocycles. The van der Waals surface area contributed by atoms with Gasteiger partial charge in [-0.15, -0.1) is 0 Å². The van der Waals surface area contributed by atoms with E-state index in [0.29, 0.717) is 5.69 Å². The molecule has 3 aromatic rings. The summed E-state index contributed by atoms with van der Waals surface area (Å²) >= 11 is 0. The summed E-state index contributed by atoms with van der Waals surface area (Å²) in [6, 6.07) is 13.9. The molecule has 0 bridgehead atoms. The van der Waals surface area contributed by atoms with Crippen LogP contribution in [0.25, 0.3) is 0 Å². The molecule has 1 aromatic heterocycles. The molecular formula is C20H23N3O2S. The van der Waals surface area contributed by atoms with Crippen molar-refractivity contribution in [1.82, 2.24) is 9.97 Å². The molecule has 1 heterocycles. The van der Waals surface area contributed by atoms with Crippen LogP contribution in [0.4, 0.5) is 5.69 Å². The van der Waals surface area contributed by atoms with Crippen LogP contribution in [0.3, 0.4) is 0 Å². The molecule has 1 unspecified atom stereocenters. The van der Waals surface area contributed by atoms with Crippen molar-refractivity contribution in [2.75, 3.05) is 11.0 Å². The molecule has 26 heavy (non-hydrogen) atoms. The molecule has 0 amide bonds. The minimum Gasteiger partial charge on any atom is -0.348 e. The zero-order valence-corrected chi connectivity index (χ0v) is 16.0. The van der Waals surface area contributed by atoms with Crippen LogP contribution in [0.2, 0.25) is 0 Å². The Hall–Kier alpha value is -2.60. The van der Waals surface area contributed by atoms with Gasteiger partial charge in [-0.05, 0) is 54.7 Å². The lowest BCUT2D eigenvalue weighted by Crippen LogP contribution is -2.11. The zero-order chi connectivity index (χ0) is 18.7. The average Bonchev–Trinajstić information content (AvgIpc) is 3.08. The number of aromatic amines is 1. The first-order valence-electron chi connectivity index (χ1n) is 8.44. The van der Waals surface area contributed by atoms with Gasteiger partial charge in [-0.1, -0.05) is 30.3 Å². The number of nitrogens with zero attached hydrogens (tertiary/aromatic N) is 1. The standard InChI is InChI=1S/C20H23N3O2S/c1-14-6-4-9-18(15(14)2)19(20-12-21-13-22-20)11-16-7-5-8-17(10-16)23-26(3,24)25/h4-10,12-13,19,23H,11H2,1-3H3,(H,21,22). The van der Waals surface area contributed by atoms with E-state index in [0.717, 1.165) is 23.9 Å². The largest absolute Gasteiger partial charge is 0.348 e. The highest BCUT2D eigenvalue weighted by Gasteiger charge is 2.19. The number of aryl methyl sites for hydroxylation is 1. The minimum atomic E-state index is -3.30. The summed E-state index contributed by atoms with van der Waals surface area (Å²) in [5, 5.41) is 0. The monoisotopic (exact) mass is 369 g/mol. The van der Waals surface area contributed by atoms with Crippen LogP contribution < -0.4 is 4.72 Å². The van der Waals surface area contributed by atoms with Crippen LogP contribution in [0, 0.1) is 13.8 Å². The Bertz CT molecular complexity index is 996. The number of sulfonamides is 1. The van der Waals surface area contributed by atoms with Gasteiger partial charge < -0.3 is 4.98 Å². The van der Waals surface area contributed by atoms with Crippen LogP contribution in [-0.2, 0) is 16.4 Å². The molecule has 0 radical (unpaired) electrons. The molecule has 6 heteroatoms. The summed E-state index contributed by atoms with van der Waals surface area (Å²) in [6.07, 6.45) is 5.44. The third-order valence-electron chi connectivity index (χ3n) is 4.59. The molecule has 1 atom stereocenters. The van der Waals surface area contributed by atoms with E-state index in [-0.39, 0.29) is 5.92 Å². The maximum Gasteiger partial charge on any atom is 0.229 e. The lowest BCUT2D eigenvalue weighted by Gasteiger charge is -2.20. The normalized spacial score (nSPS) is 12.7. The van der Waals surface area contributed by atoms with E-state index in [1.54, 1.807) is 12.4 Å². The Labute approximate surface area is 154 Å². The minimum absolute atomic E-state index is 0.117. The van der Waals surface area contributed by atoms with Crippen molar-refractivity contribution in [1.29, 1.82) is 0 Å². The van der Waals surface area contributed by atoms with Crippen LogP contribution in [0.1, 0.15) is 33.9 Å². The fraction of sp³-hybridized carbons (Fsp3) is 0.250. The molecule has 0 spiro atoms. The second-order valence-corrected chi connectivity index (χ2v) is 8.38. The number of hydrogen-bond donors (Lipinski definition) is 2. The molecule has 5 nitrogen and oxygen atoms in total. The Morgan fingerprint density at radius 1 is 1.15 bits per heavy atom. The first-order valence-corrected chi connectivity index (χ1v) is 10.3. The van der Waals surface area contributed by atoms with Crippen molar-refractivity contribution in [3.05, 3.63) is 82.9 Å². The SMILES string of the molecule is Cc1cccc(C(Cc2cccc(NS(C)(=O)=O)c2)c2cnc[nH]2)c1C. The van der Waals surface area contributed by atoms with E-state index in [1.165, 1.54) is 16.7 Å². The molecule has 2 aromatic carbocycles. The van der Waals surface area contributed by atoms with Gasteiger partial charge in [0, 0.05) is 23.5 Å². The lowest BCUT2D eigenvalue weighted by atomic mass is 9.85. The molecule has 0 aliphatic heterocycles. The van der Waals surface area contributed by atoms with Gasteiger partial charge in [0.1, 0.15) is 0 Å². The number of aromatic nitrogens is 2. The van der Waals surface area contributed by atoms with Crippen LogP contribution in [0.5, 0.6) is 0 Å². The van der Waals surface area contributed by atoms with Crippen LogP contribution >= 0.6 is 0 Å². The summed E-state index contributed by atoms with van der Waals surface area (Å²) in [6.45, 7) is 4.25. The van der Waals surface area contributed by atoms with Crippen molar-refractivity contribution < 1.29 is 8.42 Å². The van der Waals surface area contributed by atoms with Gasteiger partial charge >= 0.3 is 0 Å². The van der Waals surface area contributed by atoms with E-state index in [2.05, 4.69) is 46.7 Å². The fourth-order valence-electron chi connectivity index (χ4n) is 3.21. The van der Waals surface area contributed by atoms with Crippen LogP contribution in [0.15, 0.2) is 55.0 Å². The average molecular weight is 369 g/mol. The molecular weight excluding hydrogens is 346 g/mol. The predicted octanol–water partition coefficient (Wildman–Crippen LogP) is 3.77. The predicted molar refractivity (Wildman–Crippen MR) is 105 cm³/mol. The van der Waals surface area contributed by atoms with Crippen molar-refractivity contribution in [3.63, 3.8) is 0 Å². The molecule has 2 N–H and O–H groups in total. The van der Waals surface area contributed by atoms with Gasteiger partial charge in [0.2, 0.25) is 10.0 Å². The number of imidazole rings is 1. The maximum atomic E-state index is 11.5. The number of hydrogen-bond acceptors (Lipinski definition) is 3. The lowest BCUT2D eigenvalue weighted by molar-refractivity contribution is 0.607. The quantitative estimate of drug-likeness (QED) is 0.694.